The SMILES string of the molecule is O=C([O-])C#CB(C#CC(=O)[O-])C#CC(=O)[O-]. The summed E-state index contributed by atoms with van der Waals surface area (Å²) in [5.74, 6) is 5.04. The minimum atomic E-state index is -1.73. The molecule has 7 heteroatoms. The minimum absolute atomic E-state index is 1.35. The molecular weight excluding hydrogens is 215 g/mol. The molecular formula is C9BO6-3. The van der Waals surface area contributed by atoms with Gasteiger partial charge in [-0.3, -0.25) is 0 Å². The van der Waals surface area contributed by atoms with Crippen LogP contribution < -0.4 is 15.3 Å². The van der Waals surface area contributed by atoms with Crippen LogP contribution in [-0.4, -0.2) is 24.6 Å². The van der Waals surface area contributed by atoms with Crippen LogP contribution in [0.1, 0.15) is 0 Å². The Hall–Kier alpha value is -2.85. The first-order valence-corrected chi connectivity index (χ1v) is 3.59. The van der Waals surface area contributed by atoms with E-state index in [1.807, 2.05) is 17.5 Å². The first-order valence-electron chi connectivity index (χ1n) is 3.59. The summed E-state index contributed by atoms with van der Waals surface area (Å²) in [6.45, 7) is -1.35. The summed E-state index contributed by atoms with van der Waals surface area (Å²) in [6, 6.07) is 0. The Morgan fingerprint density at radius 2 is 0.938 bits per heavy atom. The van der Waals surface area contributed by atoms with Crippen molar-refractivity contribution in [2.75, 3.05) is 0 Å². The molecule has 0 N–H and O–H groups in total. The second-order valence-electron chi connectivity index (χ2n) is 2.10. The van der Waals surface area contributed by atoms with E-state index in [0.29, 0.717) is 0 Å². The maximum absolute atomic E-state index is 9.94. The van der Waals surface area contributed by atoms with Gasteiger partial charge in [-0.05, 0) is 0 Å². The quantitative estimate of drug-likeness (QED) is 0.293. The second kappa shape index (κ2) is 6.59. The topological polar surface area (TPSA) is 120 Å². The lowest BCUT2D eigenvalue weighted by Crippen LogP contribution is -2.23. The molecule has 0 atom stereocenters. The van der Waals surface area contributed by atoms with Gasteiger partial charge in [-0.1, -0.05) is 17.8 Å². The van der Waals surface area contributed by atoms with Gasteiger partial charge in [0, 0.05) is 0 Å². The Balaban J connectivity index is 4.99. The molecule has 0 radical (unpaired) electrons. The van der Waals surface area contributed by atoms with Gasteiger partial charge in [-0.25, -0.2) is 0 Å². The number of hydrogen-bond donors (Lipinski definition) is 0. The molecule has 0 saturated heterocycles. The average molecular weight is 215 g/mol. The molecule has 0 aromatic rings. The fourth-order valence-electron chi connectivity index (χ4n) is 0.502. The van der Waals surface area contributed by atoms with Crippen LogP contribution in [0.5, 0.6) is 0 Å². The fraction of sp³-hybridized carbons (Fsp3) is 0. The van der Waals surface area contributed by atoms with Crippen molar-refractivity contribution in [3.05, 3.63) is 0 Å². The summed E-state index contributed by atoms with van der Waals surface area (Å²) in [7, 11) is 0. The van der Waals surface area contributed by atoms with Crippen molar-refractivity contribution in [3.8, 4) is 35.2 Å². The number of hydrogen-bond acceptors (Lipinski definition) is 6. The summed E-state index contributed by atoms with van der Waals surface area (Å²) in [6.07, 6.45) is 0. The Labute approximate surface area is 90.3 Å². The number of carboxylic acids is 3. The van der Waals surface area contributed by atoms with Gasteiger partial charge in [0.05, 0.1) is 0 Å². The second-order valence-corrected chi connectivity index (χ2v) is 2.10. The van der Waals surface area contributed by atoms with Gasteiger partial charge in [0.1, 0.15) is 17.9 Å². The van der Waals surface area contributed by atoms with Gasteiger partial charge in [0.25, 0.3) is 0 Å². The van der Waals surface area contributed by atoms with Gasteiger partial charge < -0.3 is 29.7 Å². The molecule has 16 heavy (non-hydrogen) atoms. The fourth-order valence-corrected chi connectivity index (χ4v) is 0.502. The Kier molecular flexibility index (Phi) is 5.41. The normalized spacial score (nSPS) is 6.75. The van der Waals surface area contributed by atoms with E-state index in [4.69, 9.17) is 0 Å². The maximum Gasteiger partial charge on any atom is 0.396 e. The third-order valence-corrected chi connectivity index (χ3v) is 0.956. The van der Waals surface area contributed by atoms with E-state index in [1.165, 1.54) is 17.8 Å². The maximum atomic E-state index is 9.94. The number of carbonyl (C=O) groups excluding carboxylic acids is 3. The van der Waals surface area contributed by atoms with Crippen LogP contribution in [-0.2, 0) is 14.4 Å². The largest absolute Gasteiger partial charge is 0.537 e. The van der Waals surface area contributed by atoms with Gasteiger partial charge >= 0.3 is 6.71 Å². The van der Waals surface area contributed by atoms with Gasteiger partial charge in [-0.2, -0.15) is 0 Å². The van der Waals surface area contributed by atoms with Crippen LogP contribution in [0.4, 0.5) is 0 Å². The molecule has 0 bridgehead atoms. The molecule has 0 fully saturated rings. The lowest BCUT2D eigenvalue weighted by molar-refractivity contribution is -0.297. The number of aliphatic carboxylic acids is 3. The Bertz CT molecular complexity index is 425. The number of carboxylic acid groups (broad SMARTS) is 3. The van der Waals surface area contributed by atoms with Crippen LogP contribution >= 0.6 is 0 Å². The third-order valence-electron chi connectivity index (χ3n) is 0.956. The molecule has 0 spiro atoms. The molecule has 0 aliphatic carbocycles. The summed E-state index contributed by atoms with van der Waals surface area (Å²) < 4.78 is 0. The van der Waals surface area contributed by atoms with Crippen LogP contribution in [0.2, 0.25) is 0 Å². The highest BCUT2D eigenvalue weighted by atomic mass is 16.4. The van der Waals surface area contributed by atoms with Crippen molar-refractivity contribution < 1.29 is 29.7 Å². The van der Waals surface area contributed by atoms with Gasteiger partial charge in [0.15, 0.2) is 0 Å². The average Bonchev–Trinajstić information content (AvgIpc) is 2.15. The Morgan fingerprint density at radius 3 is 1.12 bits per heavy atom. The van der Waals surface area contributed by atoms with E-state index < -0.39 is 24.6 Å². The van der Waals surface area contributed by atoms with Crippen molar-refractivity contribution in [3.63, 3.8) is 0 Å². The molecule has 0 aromatic heterocycles. The van der Waals surface area contributed by atoms with Gasteiger partial charge in [0.2, 0.25) is 0 Å². The summed E-state index contributed by atoms with van der Waals surface area (Å²) in [5.41, 5.74) is 0. The zero-order valence-corrected chi connectivity index (χ0v) is 7.53. The highest BCUT2D eigenvalue weighted by Gasteiger charge is 2.01. The number of rotatable bonds is 0. The van der Waals surface area contributed by atoms with E-state index in [2.05, 4.69) is 0 Å². The minimum Gasteiger partial charge on any atom is -0.537 e. The molecule has 0 rings (SSSR count). The van der Waals surface area contributed by atoms with Crippen LogP contribution in [0, 0.1) is 35.2 Å². The molecule has 0 aromatic carbocycles. The lowest BCUT2D eigenvalue weighted by Gasteiger charge is -1.89. The summed E-state index contributed by atoms with van der Waals surface area (Å²) in [5, 5.41) is 29.8. The predicted octanol–water partition coefficient (Wildman–Crippen LogP) is -5.64. The van der Waals surface area contributed by atoms with Crippen molar-refractivity contribution in [1.29, 1.82) is 0 Å². The van der Waals surface area contributed by atoms with Gasteiger partial charge in [-0.15, -0.1) is 17.5 Å². The molecule has 6 nitrogen and oxygen atoms in total. The van der Waals surface area contributed by atoms with E-state index in [9.17, 15) is 29.7 Å². The van der Waals surface area contributed by atoms with Crippen LogP contribution in [0.3, 0.4) is 0 Å². The molecule has 78 valence electrons. The molecule has 0 aliphatic rings. The Morgan fingerprint density at radius 1 is 0.688 bits per heavy atom. The molecule has 0 amide bonds. The van der Waals surface area contributed by atoms with Crippen molar-refractivity contribution >= 4 is 24.6 Å². The standard InChI is InChI=1S/C9H3BO6/c11-7(12)1-4-10(5-2-8(13)14)6-3-9(15)16/h(H,11,12)(H,13,14)(H,15,16)/p-3. The summed E-state index contributed by atoms with van der Waals surface area (Å²) >= 11 is 0. The molecule has 0 aliphatic heterocycles. The highest BCUT2D eigenvalue weighted by Crippen LogP contribution is 1.75. The molecule has 0 heterocycles. The van der Waals surface area contributed by atoms with E-state index >= 15 is 0 Å². The van der Waals surface area contributed by atoms with Crippen LogP contribution in [0.15, 0.2) is 0 Å². The van der Waals surface area contributed by atoms with Crippen LogP contribution in [0.25, 0.3) is 0 Å². The first kappa shape index (κ1) is 13.2. The third kappa shape index (κ3) is 7.79. The summed E-state index contributed by atoms with van der Waals surface area (Å²) in [4.78, 5) is 29.8. The van der Waals surface area contributed by atoms with Crippen molar-refractivity contribution in [1.82, 2.24) is 0 Å². The zero-order chi connectivity index (χ0) is 12.6. The van der Waals surface area contributed by atoms with Crippen molar-refractivity contribution in [2.45, 2.75) is 0 Å². The number of carbonyl (C=O) groups is 3. The van der Waals surface area contributed by atoms with E-state index in [0.717, 1.165) is 0 Å². The zero-order valence-electron chi connectivity index (χ0n) is 7.53. The monoisotopic (exact) mass is 215 g/mol. The molecule has 0 saturated carbocycles. The van der Waals surface area contributed by atoms with E-state index in [1.54, 1.807) is 0 Å². The first-order chi connectivity index (χ1) is 7.41. The predicted molar refractivity (Wildman–Crippen MR) is 44.1 cm³/mol. The molecule has 0 unspecified atom stereocenters. The lowest BCUT2D eigenvalue weighted by atomic mass is 9.52. The smallest absolute Gasteiger partial charge is 0.396 e. The van der Waals surface area contributed by atoms with E-state index in [-0.39, 0.29) is 0 Å². The highest BCUT2D eigenvalue weighted by molar-refractivity contribution is 6.83. The van der Waals surface area contributed by atoms with Crippen molar-refractivity contribution in [2.24, 2.45) is 0 Å².